The maximum Gasteiger partial charge on any atom is 0.326 e. The van der Waals surface area contributed by atoms with Gasteiger partial charge in [-0.2, -0.15) is 4.58 Å². The Morgan fingerprint density at radius 3 is 3.09 bits per heavy atom. The molecule has 1 heterocycles. The largest absolute Gasteiger partial charge is 0.451 e. The molecule has 0 aromatic rings. The summed E-state index contributed by atoms with van der Waals surface area (Å²) in [6, 6.07) is 0.515. The Kier molecular flexibility index (Phi) is 3.36. The van der Waals surface area contributed by atoms with Gasteiger partial charge in [-0.15, -0.1) is 0 Å². The first-order valence-corrected chi connectivity index (χ1v) is 4.17. The van der Waals surface area contributed by atoms with Gasteiger partial charge in [0.2, 0.25) is 0 Å². The molecule has 3 heteroatoms. The fourth-order valence-electron chi connectivity index (χ4n) is 1.13. The molecular formula is C8H16NO2+. The molecule has 3 nitrogen and oxygen atoms in total. The van der Waals surface area contributed by atoms with E-state index in [1.54, 1.807) is 6.40 Å². The van der Waals surface area contributed by atoms with E-state index in [9.17, 15) is 0 Å². The van der Waals surface area contributed by atoms with Gasteiger partial charge in [0.05, 0.1) is 6.61 Å². The molecule has 0 spiro atoms. The Morgan fingerprint density at radius 1 is 1.64 bits per heavy atom. The minimum atomic E-state index is 0.515. The fraction of sp³-hybridized carbons (Fsp3) is 0.875. The molecule has 0 aromatic carbocycles. The zero-order chi connectivity index (χ0) is 8.10. The van der Waals surface area contributed by atoms with Crippen molar-refractivity contribution in [3.8, 4) is 0 Å². The molecule has 1 fully saturated rings. The van der Waals surface area contributed by atoms with Crippen LogP contribution in [-0.2, 0) is 9.47 Å². The van der Waals surface area contributed by atoms with Crippen molar-refractivity contribution >= 4 is 6.40 Å². The second-order valence-electron chi connectivity index (χ2n) is 2.64. The molecule has 1 aliphatic rings. The van der Waals surface area contributed by atoms with Crippen molar-refractivity contribution < 1.29 is 14.0 Å². The van der Waals surface area contributed by atoms with Gasteiger partial charge in [-0.1, -0.05) is 6.92 Å². The van der Waals surface area contributed by atoms with Crippen LogP contribution in [-0.4, -0.2) is 37.0 Å². The van der Waals surface area contributed by atoms with Crippen molar-refractivity contribution in [3.63, 3.8) is 0 Å². The number of rotatable bonds is 3. The Labute approximate surface area is 67.6 Å². The van der Waals surface area contributed by atoms with E-state index in [-0.39, 0.29) is 0 Å². The average Bonchev–Trinajstić information content (AvgIpc) is 2.47. The van der Waals surface area contributed by atoms with Crippen LogP contribution in [0.25, 0.3) is 0 Å². The molecule has 0 aromatic heterocycles. The first-order valence-electron chi connectivity index (χ1n) is 4.17. The molecular weight excluding hydrogens is 142 g/mol. The highest BCUT2D eigenvalue weighted by atomic mass is 16.5. The van der Waals surface area contributed by atoms with E-state index in [4.69, 9.17) is 9.47 Å². The zero-order valence-electron chi connectivity index (χ0n) is 7.25. The third kappa shape index (κ3) is 2.19. The Balaban J connectivity index is 2.42. The van der Waals surface area contributed by atoms with Gasteiger partial charge in [-0.3, -0.25) is 0 Å². The van der Waals surface area contributed by atoms with E-state index in [1.807, 2.05) is 6.92 Å². The van der Waals surface area contributed by atoms with Crippen molar-refractivity contribution in [1.82, 2.24) is 0 Å². The van der Waals surface area contributed by atoms with Gasteiger partial charge >= 0.3 is 6.40 Å². The topological polar surface area (TPSA) is 21.5 Å². The first-order chi connectivity index (χ1) is 5.38. The standard InChI is InChI=1S/C8H16NO2/c1-3-8-5-11-7-9(8)6-10-4-2/h6,8H,3-5,7H2,1-2H3/q+1. The fourth-order valence-corrected chi connectivity index (χ4v) is 1.13. The van der Waals surface area contributed by atoms with Gasteiger partial charge in [-0.25, -0.2) is 0 Å². The third-order valence-electron chi connectivity index (χ3n) is 1.87. The van der Waals surface area contributed by atoms with Crippen LogP contribution < -0.4 is 0 Å². The van der Waals surface area contributed by atoms with Gasteiger partial charge in [-0.05, 0) is 6.92 Å². The minimum Gasteiger partial charge on any atom is -0.451 e. The van der Waals surface area contributed by atoms with Crippen molar-refractivity contribution in [1.29, 1.82) is 0 Å². The summed E-state index contributed by atoms with van der Waals surface area (Å²) >= 11 is 0. The normalized spacial score (nSPS) is 27.8. The Morgan fingerprint density at radius 2 is 2.45 bits per heavy atom. The smallest absolute Gasteiger partial charge is 0.326 e. The van der Waals surface area contributed by atoms with Crippen LogP contribution in [0.2, 0.25) is 0 Å². The average molecular weight is 158 g/mol. The van der Waals surface area contributed by atoms with E-state index in [1.165, 1.54) is 0 Å². The molecule has 64 valence electrons. The minimum absolute atomic E-state index is 0.515. The maximum atomic E-state index is 5.27. The second kappa shape index (κ2) is 4.34. The van der Waals surface area contributed by atoms with E-state index >= 15 is 0 Å². The number of hydrogen-bond donors (Lipinski definition) is 0. The van der Waals surface area contributed by atoms with Crippen LogP contribution in [0.3, 0.4) is 0 Å². The molecule has 0 saturated carbocycles. The van der Waals surface area contributed by atoms with E-state index in [2.05, 4.69) is 11.5 Å². The predicted molar refractivity (Wildman–Crippen MR) is 42.8 cm³/mol. The van der Waals surface area contributed by atoms with Gasteiger partial charge < -0.3 is 9.47 Å². The summed E-state index contributed by atoms with van der Waals surface area (Å²) in [5.41, 5.74) is 0. The molecule has 1 rings (SSSR count). The lowest BCUT2D eigenvalue weighted by Crippen LogP contribution is -2.22. The number of ether oxygens (including phenoxy) is 2. The highest BCUT2D eigenvalue weighted by molar-refractivity contribution is 5.39. The second-order valence-corrected chi connectivity index (χ2v) is 2.64. The lowest BCUT2D eigenvalue weighted by atomic mass is 10.2. The van der Waals surface area contributed by atoms with E-state index < -0.39 is 0 Å². The summed E-state index contributed by atoms with van der Waals surface area (Å²) in [4.78, 5) is 0. The van der Waals surface area contributed by atoms with Crippen molar-refractivity contribution in [3.05, 3.63) is 0 Å². The molecule has 0 bridgehead atoms. The summed E-state index contributed by atoms with van der Waals surface area (Å²) in [5, 5.41) is 0. The molecule has 0 aliphatic carbocycles. The monoisotopic (exact) mass is 158 g/mol. The molecule has 11 heavy (non-hydrogen) atoms. The third-order valence-corrected chi connectivity index (χ3v) is 1.87. The van der Waals surface area contributed by atoms with Crippen LogP contribution in [0.5, 0.6) is 0 Å². The number of nitrogens with zero attached hydrogens (tertiary/aromatic N) is 1. The van der Waals surface area contributed by atoms with E-state index in [0.29, 0.717) is 12.8 Å². The molecule has 0 amide bonds. The lowest BCUT2D eigenvalue weighted by molar-refractivity contribution is -0.560. The van der Waals surface area contributed by atoms with Crippen molar-refractivity contribution in [2.45, 2.75) is 26.3 Å². The summed E-state index contributed by atoms with van der Waals surface area (Å²) in [5.74, 6) is 0. The van der Waals surface area contributed by atoms with Crippen molar-refractivity contribution in [2.24, 2.45) is 0 Å². The van der Waals surface area contributed by atoms with Crippen molar-refractivity contribution in [2.75, 3.05) is 19.9 Å². The Hall–Kier alpha value is -0.570. The Bertz CT molecular complexity index is 145. The summed E-state index contributed by atoms with van der Waals surface area (Å²) in [6.07, 6.45) is 2.89. The van der Waals surface area contributed by atoms with Crippen LogP contribution >= 0.6 is 0 Å². The predicted octanol–water partition coefficient (Wildman–Crippen LogP) is 0.830. The molecule has 1 unspecified atom stereocenters. The summed E-state index contributed by atoms with van der Waals surface area (Å²) in [7, 11) is 0. The lowest BCUT2D eigenvalue weighted by Gasteiger charge is -2.00. The quantitative estimate of drug-likeness (QED) is 0.448. The van der Waals surface area contributed by atoms with Gasteiger partial charge in [0.25, 0.3) is 6.73 Å². The SMILES string of the molecule is CCOC=[N+]1COCC1CC. The molecule has 0 radical (unpaired) electrons. The van der Waals surface area contributed by atoms with Crippen LogP contribution in [0.15, 0.2) is 0 Å². The van der Waals surface area contributed by atoms with Crippen LogP contribution in [0.1, 0.15) is 20.3 Å². The maximum absolute atomic E-state index is 5.27. The van der Waals surface area contributed by atoms with E-state index in [0.717, 1.165) is 19.6 Å². The molecule has 0 N–H and O–H groups in total. The summed E-state index contributed by atoms with van der Waals surface area (Å²) < 4.78 is 12.5. The van der Waals surface area contributed by atoms with Gasteiger partial charge in [0, 0.05) is 6.42 Å². The summed E-state index contributed by atoms with van der Waals surface area (Å²) in [6.45, 7) is 6.38. The van der Waals surface area contributed by atoms with Gasteiger partial charge in [0.1, 0.15) is 6.61 Å². The molecule has 1 aliphatic heterocycles. The zero-order valence-corrected chi connectivity index (χ0v) is 7.25. The number of hydrogen-bond acceptors (Lipinski definition) is 2. The highest BCUT2D eigenvalue weighted by Gasteiger charge is 2.26. The first kappa shape index (κ1) is 8.53. The van der Waals surface area contributed by atoms with Crippen LogP contribution in [0.4, 0.5) is 0 Å². The molecule has 1 atom stereocenters. The van der Waals surface area contributed by atoms with Gasteiger partial charge in [0.15, 0.2) is 6.04 Å². The molecule has 1 saturated heterocycles. The van der Waals surface area contributed by atoms with Crippen LogP contribution in [0, 0.1) is 0 Å². The highest BCUT2D eigenvalue weighted by Crippen LogP contribution is 2.05.